The SMILES string of the molecule is N/C(=C\C=NCCN1CCOCC1)[N+](=O)[O-]. The average molecular weight is 228 g/mol. The molecule has 0 aromatic heterocycles. The molecule has 1 saturated heterocycles. The zero-order chi connectivity index (χ0) is 11.8. The minimum absolute atomic E-state index is 0.393. The first-order chi connectivity index (χ1) is 7.70. The van der Waals surface area contributed by atoms with Gasteiger partial charge in [-0.15, -0.1) is 0 Å². The molecule has 90 valence electrons. The lowest BCUT2D eigenvalue weighted by atomic mass is 10.4. The molecule has 0 unspecified atom stereocenters. The quantitative estimate of drug-likeness (QED) is 0.387. The zero-order valence-corrected chi connectivity index (χ0v) is 9.04. The summed E-state index contributed by atoms with van der Waals surface area (Å²) in [4.78, 5) is 15.8. The third-order valence-corrected chi connectivity index (χ3v) is 2.21. The summed E-state index contributed by atoms with van der Waals surface area (Å²) in [5.41, 5.74) is 5.09. The zero-order valence-electron chi connectivity index (χ0n) is 9.04. The van der Waals surface area contributed by atoms with E-state index < -0.39 is 10.7 Å². The van der Waals surface area contributed by atoms with E-state index >= 15 is 0 Å². The lowest BCUT2D eigenvalue weighted by Gasteiger charge is -2.25. The summed E-state index contributed by atoms with van der Waals surface area (Å²) in [6.45, 7) is 4.81. The van der Waals surface area contributed by atoms with Gasteiger partial charge in [-0.25, -0.2) is 0 Å². The predicted octanol–water partition coefficient (Wildman–Crippen LogP) is -0.534. The number of hydrogen-bond donors (Lipinski definition) is 1. The third kappa shape index (κ3) is 4.85. The summed E-state index contributed by atoms with van der Waals surface area (Å²) in [7, 11) is 0. The monoisotopic (exact) mass is 228 g/mol. The highest BCUT2D eigenvalue weighted by atomic mass is 16.6. The van der Waals surface area contributed by atoms with Gasteiger partial charge in [0.15, 0.2) is 0 Å². The first kappa shape index (κ1) is 12.6. The van der Waals surface area contributed by atoms with Crippen LogP contribution in [-0.2, 0) is 4.74 Å². The van der Waals surface area contributed by atoms with Crippen molar-refractivity contribution in [2.75, 3.05) is 39.4 Å². The van der Waals surface area contributed by atoms with Crippen LogP contribution in [0.2, 0.25) is 0 Å². The van der Waals surface area contributed by atoms with E-state index in [9.17, 15) is 10.1 Å². The summed E-state index contributed by atoms with van der Waals surface area (Å²) in [6, 6.07) is 0. The van der Waals surface area contributed by atoms with E-state index in [0.29, 0.717) is 6.54 Å². The maximum Gasteiger partial charge on any atom is 0.315 e. The number of nitro groups is 1. The number of allylic oxidation sites excluding steroid dienone is 1. The molecule has 1 rings (SSSR count). The highest BCUT2D eigenvalue weighted by molar-refractivity contribution is 5.71. The number of hydrogen-bond acceptors (Lipinski definition) is 6. The second-order valence-corrected chi connectivity index (χ2v) is 3.36. The fourth-order valence-electron chi connectivity index (χ4n) is 1.29. The minimum atomic E-state index is -0.645. The molecule has 1 fully saturated rings. The van der Waals surface area contributed by atoms with Gasteiger partial charge < -0.3 is 14.9 Å². The molecular weight excluding hydrogens is 212 g/mol. The van der Waals surface area contributed by atoms with Gasteiger partial charge in [0, 0.05) is 31.9 Å². The van der Waals surface area contributed by atoms with Gasteiger partial charge in [-0.05, 0) is 4.92 Å². The van der Waals surface area contributed by atoms with Gasteiger partial charge >= 0.3 is 5.82 Å². The lowest BCUT2D eigenvalue weighted by Crippen LogP contribution is -2.37. The number of ether oxygens (including phenoxy) is 1. The predicted molar refractivity (Wildman–Crippen MR) is 59.9 cm³/mol. The summed E-state index contributed by atoms with van der Waals surface area (Å²) < 4.78 is 5.20. The number of nitrogens with zero attached hydrogens (tertiary/aromatic N) is 3. The number of rotatable bonds is 5. The van der Waals surface area contributed by atoms with Gasteiger partial charge in [0.25, 0.3) is 0 Å². The van der Waals surface area contributed by atoms with Crippen molar-refractivity contribution in [2.24, 2.45) is 10.7 Å². The normalized spacial score (nSPS) is 19.1. The van der Waals surface area contributed by atoms with Crippen molar-refractivity contribution in [3.8, 4) is 0 Å². The molecule has 0 bridgehead atoms. The number of nitrogens with two attached hydrogens (primary N) is 1. The summed E-state index contributed by atoms with van der Waals surface area (Å²) in [5, 5.41) is 10.1. The van der Waals surface area contributed by atoms with Crippen LogP contribution in [0.3, 0.4) is 0 Å². The second-order valence-electron chi connectivity index (χ2n) is 3.36. The van der Waals surface area contributed by atoms with Gasteiger partial charge in [0.2, 0.25) is 0 Å². The van der Waals surface area contributed by atoms with Gasteiger partial charge in [-0.3, -0.25) is 15.6 Å². The molecule has 0 spiro atoms. The minimum Gasteiger partial charge on any atom is -0.379 e. The number of aliphatic imine (C=N–C) groups is 1. The van der Waals surface area contributed by atoms with Gasteiger partial charge in [0.1, 0.15) is 0 Å². The smallest absolute Gasteiger partial charge is 0.315 e. The third-order valence-electron chi connectivity index (χ3n) is 2.21. The van der Waals surface area contributed by atoms with E-state index in [1.165, 1.54) is 12.3 Å². The molecule has 0 radical (unpaired) electrons. The topological polar surface area (TPSA) is 94.0 Å². The molecule has 7 nitrogen and oxygen atoms in total. The average Bonchev–Trinajstić information content (AvgIpc) is 2.29. The Morgan fingerprint density at radius 2 is 2.25 bits per heavy atom. The van der Waals surface area contributed by atoms with Crippen molar-refractivity contribution >= 4 is 6.21 Å². The van der Waals surface area contributed by atoms with E-state index in [4.69, 9.17) is 10.5 Å². The van der Waals surface area contributed by atoms with Crippen molar-refractivity contribution < 1.29 is 9.66 Å². The Morgan fingerprint density at radius 1 is 1.56 bits per heavy atom. The summed E-state index contributed by atoms with van der Waals surface area (Å²) >= 11 is 0. The molecule has 0 saturated carbocycles. The van der Waals surface area contributed by atoms with Crippen molar-refractivity contribution in [1.82, 2.24) is 4.90 Å². The van der Waals surface area contributed by atoms with Crippen LogP contribution in [-0.4, -0.2) is 55.4 Å². The van der Waals surface area contributed by atoms with Crippen LogP contribution in [0.4, 0.5) is 0 Å². The van der Waals surface area contributed by atoms with Crippen LogP contribution in [0.5, 0.6) is 0 Å². The molecule has 1 aliphatic rings. The van der Waals surface area contributed by atoms with E-state index in [1.54, 1.807) is 0 Å². The molecule has 7 heteroatoms. The maximum absolute atomic E-state index is 10.1. The molecule has 1 heterocycles. The van der Waals surface area contributed by atoms with Crippen LogP contribution >= 0.6 is 0 Å². The molecular formula is C9H16N4O3. The molecule has 2 N–H and O–H groups in total. The fourth-order valence-corrected chi connectivity index (χ4v) is 1.29. The Hall–Kier alpha value is -1.47. The van der Waals surface area contributed by atoms with E-state index in [-0.39, 0.29) is 0 Å². The van der Waals surface area contributed by atoms with E-state index in [1.807, 2.05) is 0 Å². The highest BCUT2D eigenvalue weighted by Crippen LogP contribution is 1.95. The summed E-state index contributed by atoms with van der Waals surface area (Å²) in [6.07, 6.45) is 2.57. The molecule has 0 atom stereocenters. The number of morpholine rings is 1. The standard InChI is InChI=1S/C9H16N4O3/c10-9(13(14)15)1-2-11-3-4-12-5-7-16-8-6-12/h1-2H,3-8,10H2/b9-1+,11-2?. The van der Waals surface area contributed by atoms with E-state index in [2.05, 4.69) is 9.89 Å². The second kappa shape index (κ2) is 6.91. The van der Waals surface area contributed by atoms with Gasteiger partial charge in [-0.2, -0.15) is 0 Å². The fraction of sp³-hybridized carbons (Fsp3) is 0.667. The van der Waals surface area contributed by atoms with Crippen molar-refractivity contribution in [1.29, 1.82) is 0 Å². The Bertz CT molecular complexity index is 284. The lowest BCUT2D eigenvalue weighted by molar-refractivity contribution is -0.426. The van der Waals surface area contributed by atoms with Crippen LogP contribution < -0.4 is 5.73 Å². The Labute approximate surface area is 93.7 Å². The largest absolute Gasteiger partial charge is 0.379 e. The molecule has 0 aliphatic carbocycles. The van der Waals surface area contributed by atoms with Gasteiger partial charge in [0.05, 0.1) is 19.8 Å². The first-order valence-corrected chi connectivity index (χ1v) is 5.10. The van der Waals surface area contributed by atoms with Crippen molar-refractivity contribution in [3.63, 3.8) is 0 Å². The van der Waals surface area contributed by atoms with Crippen molar-refractivity contribution in [3.05, 3.63) is 22.0 Å². The van der Waals surface area contributed by atoms with Crippen molar-refractivity contribution in [2.45, 2.75) is 0 Å². The summed E-state index contributed by atoms with van der Waals surface area (Å²) in [5.74, 6) is -0.393. The maximum atomic E-state index is 10.1. The van der Waals surface area contributed by atoms with Gasteiger partial charge in [-0.1, -0.05) is 0 Å². The van der Waals surface area contributed by atoms with E-state index in [0.717, 1.165) is 32.8 Å². The van der Waals surface area contributed by atoms with Crippen LogP contribution in [0, 0.1) is 10.1 Å². The Balaban J connectivity index is 2.16. The highest BCUT2D eigenvalue weighted by Gasteiger charge is 2.08. The van der Waals surface area contributed by atoms with Crippen LogP contribution in [0.25, 0.3) is 0 Å². The molecule has 0 amide bonds. The first-order valence-electron chi connectivity index (χ1n) is 5.10. The molecule has 1 aliphatic heterocycles. The Morgan fingerprint density at radius 3 is 2.88 bits per heavy atom. The van der Waals surface area contributed by atoms with Crippen LogP contribution in [0.1, 0.15) is 0 Å². The molecule has 0 aromatic rings. The van der Waals surface area contributed by atoms with Crippen LogP contribution in [0.15, 0.2) is 16.9 Å². The molecule has 0 aromatic carbocycles. The Kier molecular flexibility index (Phi) is 5.44. The molecule has 16 heavy (non-hydrogen) atoms.